The van der Waals surface area contributed by atoms with Gasteiger partial charge in [-0.1, -0.05) is 29.8 Å². The molecule has 4 nitrogen and oxygen atoms in total. The molecule has 2 rings (SSSR count). The molecule has 0 N–H and O–H groups in total. The minimum absolute atomic E-state index is 0.132. The second-order valence-electron chi connectivity index (χ2n) is 4.99. The highest BCUT2D eigenvalue weighted by Gasteiger charge is 2.12. The van der Waals surface area contributed by atoms with Crippen LogP contribution in [0.15, 0.2) is 53.2 Å². The SMILES string of the molecule is Cc1ccc(C=CC(=O)N(CCC#N)Cc2ccco2)cc1. The molecular weight excluding hydrogens is 276 g/mol. The molecule has 0 aliphatic heterocycles. The average molecular weight is 294 g/mol. The van der Waals surface area contributed by atoms with E-state index in [9.17, 15) is 4.79 Å². The van der Waals surface area contributed by atoms with Crippen LogP contribution >= 0.6 is 0 Å². The summed E-state index contributed by atoms with van der Waals surface area (Å²) in [6.45, 7) is 2.77. The van der Waals surface area contributed by atoms with Gasteiger partial charge in [-0.25, -0.2) is 0 Å². The van der Waals surface area contributed by atoms with E-state index in [1.807, 2.05) is 37.3 Å². The van der Waals surface area contributed by atoms with Crippen LogP contribution in [0.25, 0.3) is 6.08 Å². The molecule has 22 heavy (non-hydrogen) atoms. The smallest absolute Gasteiger partial charge is 0.247 e. The molecule has 1 amide bonds. The highest BCUT2D eigenvalue weighted by atomic mass is 16.3. The Morgan fingerprint density at radius 3 is 2.73 bits per heavy atom. The maximum absolute atomic E-state index is 12.3. The highest BCUT2D eigenvalue weighted by Crippen LogP contribution is 2.09. The van der Waals surface area contributed by atoms with Gasteiger partial charge < -0.3 is 9.32 Å². The highest BCUT2D eigenvalue weighted by molar-refractivity contribution is 5.91. The Balaban J connectivity index is 2.04. The summed E-state index contributed by atoms with van der Waals surface area (Å²) in [6, 6.07) is 13.6. The van der Waals surface area contributed by atoms with Crippen molar-refractivity contribution in [2.45, 2.75) is 19.9 Å². The summed E-state index contributed by atoms with van der Waals surface area (Å²) in [5, 5.41) is 8.73. The first-order valence-corrected chi connectivity index (χ1v) is 7.12. The van der Waals surface area contributed by atoms with E-state index in [2.05, 4.69) is 6.07 Å². The first kappa shape index (κ1) is 15.6. The number of nitriles is 1. The van der Waals surface area contributed by atoms with Crippen LogP contribution in [0, 0.1) is 18.3 Å². The molecular formula is C18H18N2O2. The number of hydrogen-bond acceptors (Lipinski definition) is 3. The van der Waals surface area contributed by atoms with E-state index in [4.69, 9.17) is 9.68 Å². The van der Waals surface area contributed by atoms with Crippen molar-refractivity contribution < 1.29 is 9.21 Å². The zero-order valence-electron chi connectivity index (χ0n) is 12.5. The largest absolute Gasteiger partial charge is 0.467 e. The second kappa shape index (κ2) is 7.84. The van der Waals surface area contributed by atoms with Gasteiger partial charge in [0.25, 0.3) is 0 Å². The van der Waals surface area contributed by atoms with Crippen LogP contribution in [-0.4, -0.2) is 17.4 Å². The minimum Gasteiger partial charge on any atom is -0.467 e. The number of aryl methyl sites for hydroxylation is 1. The summed E-state index contributed by atoms with van der Waals surface area (Å²) in [4.78, 5) is 13.9. The first-order chi connectivity index (χ1) is 10.7. The summed E-state index contributed by atoms with van der Waals surface area (Å²) >= 11 is 0. The van der Waals surface area contributed by atoms with Gasteiger partial charge in [-0.05, 0) is 30.7 Å². The Hall–Kier alpha value is -2.80. The monoisotopic (exact) mass is 294 g/mol. The number of furan rings is 1. The number of nitrogens with zero attached hydrogens (tertiary/aromatic N) is 2. The summed E-state index contributed by atoms with van der Waals surface area (Å²) in [7, 11) is 0. The van der Waals surface area contributed by atoms with E-state index in [1.165, 1.54) is 11.6 Å². The van der Waals surface area contributed by atoms with Gasteiger partial charge in [0.15, 0.2) is 0 Å². The van der Waals surface area contributed by atoms with Crippen LogP contribution in [-0.2, 0) is 11.3 Å². The lowest BCUT2D eigenvalue weighted by Crippen LogP contribution is -2.29. The molecule has 112 valence electrons. The molecule has 2 aromatic rings. The normalized spacial score (nSPS) is 10.5. The molecule has 0 saturated carbocycles. The summed E-state index contributed by atoms with van der Waals surface area (Å²) in [5.41, 5.74) is 2.15. The van der Waals surface area contributed by atoms with Gasteiger partial charge in [0.05, 0.1) is 25.3 Å². The molecule has 0 saturated heterocycles. The number of carbonyl (C=O) groups excluding carboxylic acids is 1. The summed E-state index contributed by atoms with van der Waals surface area (Å²) in [5.74, 6) is 0.572. The number of carbonyl (C=O) groups is 1. The Labute approximate surface area is 130 Å². The molecule has 0 bridgehead atoms. The van der Waals surface area contributed by atoms with Gasteiger partial charge in [0, 0.05) is 12.6 Å². The number of rotatable bonds is 6. The molecule has 0 aliphatic carbocycles. The van der Waals surface area contributed by atoms with Gasteiger partial charge >= 0.3 is 0 Å². The summed E-state index contributed by atoms with van der Waals surface area (Å²) in [6.07, 6.45) is 5.18. The maximum Gasteiger partial charge on any atom is 0.247 e. The van der Waals surface area contributed by atoms with Crippen molar-refractivity contribution in [3.63, 3.8) is 0 Å². The Morgan fingerprint density at radius 2 is 2.09 bits per heavy atom. The fourth-order valence-corrected chi connectivity index (χ4v) is 1.99. The van der Waals surface area contributed by atoms with Crippen LogP contribution in [0.2, 0.25) is 0 Å². The molecule has 0 atom stereocenters. The molecule has 0 aliphatic rings. The van der Waals surface area contributed by atoms with Crippen molar-refractivity contribution in [1.82, 2.24) is 4.90 Å². The quantitative estimate of drug-likeness (QED) is 0.766. The second-order valence-corrected chi connectivity index (χ2v) is 4.99. The standard InChI is InChI=1S/C18H18N2O2/c1-15-5-7-16(8-6-15)9-10-18(21)20(12-3-11-19)14-17-4-2-13-22-17/h2,4-10,13H,3,12,14H2,1H3. The molecule has 4 heteroatoms. The van der Waals surface area contributed by atoms with Crippen LogP contribution in [0.4, 0.5) is 0 Å². The molecule has 0 fully saturated rings. The zero-order valence-corrected chi connectivity index (χ0v) is 12.5. The van der Waals surface area contributed by atoms with E-state index in [0.717, 1.165) is 5.56 Å². The first-order valence-electron chi connectivity index (χ1n) is 7.12. The molecule has 1 heterocycles. The third-order valence-corrected chi connectivity index (χ3v) is 3.23. The van der Waals surface area contributed by atoms with Crippen LogP contribution in [0.5, 0.6) is 0 Å². The van der Waals surface area contributed by atoms with E-state index >= 15 is 0 Å². The van der Waals surface area contributed by atoms with Gasteiger partial charge in [0.2, 0.25) is 5.91 Å². The van der Waals surface area contributed by atoms with E-state index < -0.39 is 0 Å². The van der Waals surface area contributed by atoms with Crippen LogP contribution < -0.4 is 0 Å². The third-order valence-electron chi connectivity index (χ3n) is 3.23. The zero-order chi connectivity index (χ0) is 15.8. The topological polar surface area (TPSA) is 57.2 Å². The Bertz CT molecular complexity index is 664. The van der Waals surface area contributed by atoms with Crippen LogP contribution in [0.3, 0.4) is 0 Å². The Morgan fingerprint density at radius 1 is 1.32 bits per heavy atom. The lowest BCUT2D eigenvalue weighted by molar-refractivity contribution is -0.126. The predicted octanol–water partition coefficient (Wildman–Crippen LogP) is 3.54. The van der Waals surface area contributed by atoms with E-state index in [-0.39, 0.29) is 5.91 Å². The van der Waals surface area contributed by atoms with E-state index in [1.54, 1.807) is 23.3 Å². The van der Waals surface area contributed by atoms with Crippen molar-refractivity contribution in [3.05, 3.63) is 65.6 Å². The van der Waals surface area contributed by atoms with Gasteiger partial charge in [-0.15, -0.1) is 0 Å². The van der Waals surface area contributed by atoms with E-state index in [0.29, 0.717) is 25.3 Å². The summed E-state index contributed by atoms with van der Waals surface area (Å²) < 4.78 is 5.27. The van der Waals surface area contributed by atoms with Crippen molar-refractivity contribution in [2.75, 3.05) is 6.54 Å². The van der Waals surface area contributed by atoms with Gasteiger partial charge in [0.1, 0.15) is 5.76 Å². The molecule has 1 aromatic carbocycles. The lowest BCUT2D eigenvalue weighted by Gasteiger charge is -2.18. The van der Waals surface area contributed by atoms with Crippen molar-refractivity contribution in [1.29, 1.82) is 5.26 Å². The van der Waals surface area contributed by atoms with Crippen molar-refractivity contribution in [3.8, 4) is 6.07 Å². The predicted molar refractivity (Wildman–Crippen MR) is 84.6 cm³/mol. The Kier molecular flexibility index (Phi) is 5.56. The van der Waals surface area contributed by atoms with Crippen molar-refractivity contribution in [2.24, 2.45) is 0 Å². The lowest BCUT2D eigenvalue weighted by atomic mass is 10.1. The minimum atomic E-state index is -0.132. The molecule has 0 radical (unpaired) electrons. The molecule has 0 unspecified atom stereocenters. The van der Waals surface area contributed by atoms with Crippen molar-refractivity contribution >= 4 is 12.0 Å². The maximum atomic E-state index is 12.3. The molecule has 1 aromatic heterocycles. The number of amides is 1. The molecule has 0 spiro atoms. The number of hydrogen-bond donors (Lipinski definition) is 0. The number of benzene rings is 1. The van der Waals surface area contributed by atoms with Crippen LogP contribution in [0.1, 0.15) is 23.3 Å². The third kappa shape index (κ3) is 4.64. The van der Waals surface area contributed by atoms with Gasteiger partial charge in [-0.3, -0.25) is 4.79 Å². The average Bonchev–Trinajstić information content (AvgIpc) is 3.03. The van der Waals surface area contributed by atoms with Gasteiger partial charge in [-0.2, -0.15) is 5.26 Å². The fraction of sp³-hybridized carbons (Fsp3) is 0.222. The fourth-order valence-electron chi connectivity index (χ4n) is 1.99.